The Kier molecular flexibility index (Phi) is 4.19. The summed E-state index contributed by atoms with van der Waals surface area (Å²) in [5.74, 6) is -0.253. The number of carbonyl (C=O) groups is 1. The predicted molar refractivity (Wildman–Crippen MR) is 60.7 cm³/mol. The number of aromatic nitrogens is 1. The van der Waals surface area contributed by atoms with Gasteiger partial charge in [0.2, 0.25) is 0 Å². The van der Waals surface area contributed by atoms with Crippen molar-refractivity contribution < 1.29 is 4.79 Å². The molecule has 0 N–H and O–H groups in total. The van der Waals surface area contributed by atoms with Crippen molar-refractivity contribution in [2.24, 2.45) is 0 Å². The molecule has 86 valence electrons. The molecule has 0 radical (unpaired) electrons. The van der Waals surface area contributed by atoms with Gasteiger partial charge >= 0.3 is 0 Å². The van der Waals surface area contributed by atoms with Crippen LogP contribution < -0.4 is 0 Å². The highest BCUT2D eigenvalue weighted by atomic mass is 16.2. The van der Waals surface area contributed by atoms with Gasteiger partial charge in [-0.25, -0.2) is 4.98 Å². The van der Waals surface area contributed by atoms with E-state index in [1.54, 1.807) is 20.0 Å². The van der Waals surface area contributed by atoms with Gasteiger partial charge in [-0.2, -0.15) is 10.5 Å². The largest absolute Gasteiger partial charge is 0.337 e. The Balaban J connectivity index is 2.82. The normalized spacial score (nSPS) is 11.1. The second-order valence-electron chi connectivity index (χ2n) is 3.67. The summed E-state index contributed by atoms with van der Waals surface area (Å²) >= 11 is 0. The van der Waals surface area contributed by atoms with Crippen molar-refractivity contribution >= 4 is 5.91 Å². The highest BCUT2D eigenvalue weighted by molar-refractivity contribution is 5.92. The number of pyridine rings is 1. The molecule has 5 heteroatoms. The molecule has 1 aromatic heterocycles. The zero-order valence-corrected chi connectivity index (χ0v) is 9.71. The Morgan fingerprint density at radius 1 is 1.53 bits per heavy atom. The first-order valence-corrected chi connectivity index (χ1v) is 5.10. The molecule has 0 aromatic carbocycles. The fourth-order valence-corrected chi connectivity index (χ4v) is 1.24. The van der Waals surface area contributed by atoms with E-state index < -0.39 is 0 Å². The molecule has 0 fully saturated rings. The van der Waals surface area contributed by atoms with Crippen LogP contribution >= 0.6 is 0 Å². The molecule has 1 amide bonds. The highest BCUT2D eigenvalue weighted by Gasteiger charge is 2.18. The average Bonchev–Trinajstić information content (AvgIpc) is 2.37. The van der Waals surface area contributed by atoms with Crippen LogP contribution in [-0.4, -0.2) is 28.9 Å². The fraction of sp³-hybridized carbons (Fsp3) is 0.333. The number of hydrogen-bond donors (Lipinski definition) is 0. The SMILES string of the molecule is CC(CC#N)N(C)C(=O)c1ccc(C#N)cn1. The first kappa shape index (κ1) is 12.7. The molecule has 0 aliphatic heterocycles. The van der Waals surface area contributed by atoms with Crippen LogP contribution in [0.3, 0.4) is 0 Å². The van der Waals surface area contributed by atoms with Gasteiger partial charge in [0.1, 0.15) is 11.8 Å². The van der Waals surface area contributed by atoms with Crippen LogP contribution in [-0.2, 0) is 0 Å². The third-order valence-electron chi connectivity index (χ3n) is 2.48. The maximum atomic E-state index is 11.9. The molecule has 0 aliphatic carbocycles. The summed E-state index contributed by atoms with van der Waals surface area (Å²) < 4.78 is 0. The van der Waals surface area contributed by atoms with Crippen molar-refractivity contribution in [2.45, 2.75) is 19.4 Å². The Morgan fingerprint density at radius 2 is 2.24 bits per heavy atom. The highest BCUT2D eigenvalue weighted by Crippen LogP contribution is 2.07. The molecule has 0 aliphatic rings. The molecule has 1 unspecified atom stereocenters. The number of nitriles is 2. The fourth-order valence-electron chi connectivity index (χ4n) is 1.24. The monoisotopic (exact) mass is 228 g/mol. The van der Waals surface area contributed by atoms with E-state index in [2.05, 4.69) is 4.98 Å². The molecule has 0 saturated heterocycles. The first-order chi connectivity index (χ1) is 8.10. The lowest BCUT2D eigenvalue weighted by Gasteiger charge is -2.22. The quantitative estimate of drug-likeness (QED) is 0.781. The van der Waals surface area contributed by atoms with Gasteiger partial charge in [-0.05, 0) is 19.1 Å². The molecule has 5 nitrogen and oxygen atoms in total. The van der Waals surface area contributed by atoms with Crippen LogP contribution in [0.1, 0.15) is 29.4 Å². The maximum absolute atomic E-state index is 11.9. The zero-order valence-electron chi connectivity index (χ0n) is 9.71. The topological polar surface area (TPSA) is 80.8 Å². The second kappa shape index (κ2) is 5.62. The third kappa shape index (κ3) is 3.02. The standard InChI is InChI=1S/C12H12N4O/c1-9(5-6-13)16(2)12(17)11-4-3-10(7-14)8-15-11/h3-4,8-9H,5H2,1-2H3. The van der Waals surface area contributed by atoms with Crippen LogP contribution in [0.25, 0.3) is 0 Å². The van der Waals surface area contributed by atoms with Crippen molar-refractivity contribution in [3.63, 3.8) is 0 Å². The Labute approximate surface area is 99.9 Å². The van der Waals surface area contributed by atoms with Crippen molar-refractivity contribution in [3.8, 4) is 12.1 Å². The van der Waals surface area contributed by atoms with Crippen LogP contribution in [0.5, 0.6) is 0 Å². The summed E-state index contributed by atoms with van der Waals surface area (Å²) in [5, 5.41) is 17.2. The van der Waals surface area contributed by atoms with Crippen LogP contribution in [0.4, 0.5) is 0 Å². The van der Waals surface area contributed by atoms with E-state index in [0.717, 1.165) is 0 Å². The van der Waals surface area contributed by atoms with Gasteiger partial charge in [0.05, 0.1) is 18.1 Å². The minimum atomic E-state index is -0.253. The molecule has 17 heavy (non-hydrogen) atoms. The smallest absolute Gasteiger partial charge is 0.272 e. The van der Waals surface area contributed by atoms with Gasteiger partial charge in [0.25, 0.3) is 5.91 Å². The maximum Gasteiger partial charge on any atom is 0.272 e. The van der Waals surface area contributed by atoms with Crippen LogP contribution in [0, 0.1) is 22.7 Å². The van der Waals surface area contributed by atoms with Crippen molar-refractivity contribution in [1.82, 2.24) is 9.88 Å². The number of carbonyl (C=O) groups excluding carboxylic acids is 1. The third-order valence-corrected chi connectivity index (χ3v) is 2.48. The van der Waals surface area contributed by atoms with Crippen LogP contribution in [0.2, 0.25) is 0 Å². The van der Waals surface area contributed by atoms with E-state index in [-0.39, 0.29) is 24.1 Å². The van der Waals surface area contributed by atoms with E-state index in [9.17, 15) is 4.79 Å². The summed E-state index contributed by atoms with van der Waals surface area (Å²) in [4.78, 5) is 17.3. The van der Waals surface area contributed by atoms with Crippen molar-refractivity contribution in [2.75, 3.05) is 7.05 Å². The molecule has 1 aromatic rings. The minimum absolute atomic E-state index is 0.162. The van der Waals surface area contributed by atoms with E-state index >= 15 is 0 Å². The molecular weight excluding hydrogens is 216 g/mol. The molecule has 1 rings (SSSR count). The Hall–Kier alpha value is -2.40. The lowest BCUT2D eigenvalue weighted by atomic mass is 10.2. The number of rotatable bonds is 3. The summed E-state index contributed by atoms with van der Waals surface area (Å²) in [6.07, 6.45) is 1.63. The molecule has 0 bridgehead atoms. The Morgan fingerprint density at radius 3 is 2.71 bits per heavy atom. The minimum Gasteiger partial charge on any atom is -0.337 e. The molecular formula is C12H12N4O. The lowest BCUT2D eigenvalue weighted by molar-refractivity contribution is 0.0740. The van der Waals surface area contributed by atoms with Gasteiger partial charge < -0.3 is 4.90 Å². The number of hydrogen-bond acceptors (Lipinski definition) is 4. The van der Waals surface area contributed by atoms with E-state index in [1.807, 2.05) is 12.1 Å². The van der Waals surface area contributed by atoms with E-state index in [4.69, 9.17) is 10.5 Å². The number of amides is 1. The van der Waals surface area contributed by atoms with Gasteiger partial charge in [-0.15, -0.1) is 0 Å². The summed E-state index contributed by atoms with van der Waals surface area (Å²) in [7, 11) is 1.63. The van der Waals surface area contributed by atoms with E-state index in [0.29, 0.717) is 5.56 Å². The second-order valence-corrected chi connectivity index (χ2v) is 3.67. The number of nitrogens with zero attached hydrogens (tertiary/aromatic N) is 4. The lowest BCUT2D eigenvalue weighted by Crippen LogP contribution is -2.35. The summed E-state index contributed by atoms with van der Waals surface area (Å²) in [6, 6.07) is 6.84. The molecule has 0 saturated carbocycles. The van der Waals surface area contributed by atoms with Gasteiger partial charge in [-0.1, -0.05) is 0 Å². The van der Waals surface area contributed by atoms with Gasteiger partial charge in [0.15, 0.2) is 0 Å². The molecule has 1 atom stereocenters. The Bertz CT molecular complexity index is 481. The van der Waals surface area contributed by atoms with Crippen molar-refractivity contribution in [3.05, 3.63) is 29.6 Å². The first-order valence-electron chi connectivity index (χ1n) is 5.10. The predicted octanol–water partition coefficient (Wildman–Crippen LogP) is 1.33. The van der Waals surface area contributed by atoms with Crippen LogP contribution in [0.15, 0.2) is 18.3 Å². The molecule has 1 heterocycles. The van der Waals surface area contributed by atoms with Gasteiger partial charge in [-0.3, -0.25) is 4.79 Å². The van der Waals surface area contributed by atoms with E-state index in [1.165, 1.54) is 17.2 Å². The summed E-state index contributed by atoms with van der Waals surface area (Å²) in [6.45, 7) is 1.80. The average molecular weight is 228 g/mol. The summed E-state index contributed by atoms with van der Waals surface area (Å²) in [5.41, 5.74) is 0.686. The van der Waals surface area contributed by atoms with Gasteiger partial charge in [0, 0.05) is 19.3 Å². The molecule has 0 spiro atoms. The zero-order chi connectivity index (χ0) is 12.8. The van der Waals surface area contributed by atoms with Crippen molar-refractivity contribution in [1.29, 1.82) is 10.5 Å².